The van der Waals surface area contributed by atoms with E-state index >= 15 is 0 Å². The van der Waals surface area contributed by atoms with Gasteiger partial charge in [0.05, 0.1) is 16.8 Å². The predicted octanol–water partition coefficient (Wildman–Crippen LogP) is 7.43. The number of carbonyl (C=O) groups excluding carboxylic acids is 1. The van der Waals surface area contributed by atoms with Crippen LogP contribution < -0.4 is 5.43 Å². The Morgan fingerprint density at radius 1 is 0.818 bits per heavy atom. The van der Waals surface area contributed by atoms with Crippen LogP contribution in [-0.4, -0.2) is 16.6 Å². The number of para-hydroxylation sites is 1. The second-order valence-electron chi connectivity index (χ2n) is 8.88. The first-order valence-electron chi connectivity index (χ1n) is 12.2. The lowest BCUT2D eigenvalue weighted by molar-refractivity contribution is 0.0956. The molecule has 0 saturated heterocycles. The third kappa shape index (κ3) is 6.47. The van der Waals surface area contributed by atoms with E-state index in [1.54, 1.807) is 18.2 Å². The van der Waals surface area contributed by atoms with Gasteiger partial charge in [0.15, 0.2) is 0 Å². The molecule has 0 spiro atoms. The summed E-state index contributed by atoms with van der Waals surface area (Å²) in [6.45, 7) is 0. The number of rotatable bonds is 3. The van der Waals surface area contributed by atoms with Crippen LogP contribution in [0.3, 0.4) is 0 Å². The Kier molecular flexibility index (Phi) is 8.18. The second-order valence-corrected chi connectivity index (χ2v) is 8.88. The molecular formula is C28H32FN3O. The molecule has 1 aliphatic rings. The molecule has 1 amide bonds. The number of hydrazone groups is 1. The summed E-state index contributed by atoms with van der Waals surface area (Å²) >= 11 is 0. The zero-order valence-electron chi connectivity index (χ0n) is 19.2. The molecule has 0 atom stereocenters. The van der Waals surface area contributed by atoms with Crippen molar-refractivity contribution in [3.05, 3.63) is 66.0 Å². The fourth-order valence-electron chi connectivity index (χ4n) is 4.45. The van der Waals surface area contributed by atoms with E-state index in [4.69, 9.17) is 0 Å². The van der Waals surface area contributed by atoms with Gasteiger partial charge in [0, 0.05) is 16.7 Å². The van der Waals surface area contributed by atoms with Crippen molar-refractivity contribution in [2.24, 2.45) is 5.10 Å². The number of hydrogen-bond donors (Lipinski definition) is 1. The highest BCUT2D eigenvalue weighted by molar-refractivity contribution is 6.07. The molecule has 172 valence electrons. The Morgan fingerprint density at radius 3 is 2.09 bits per heavy atom. The van der Waals surface area contributed by atoms with Crippen LogP contribution in [0.2, 0.25) is 0 Å². The van der Waals surface area contributed by atoms with Gasteiger partial charge >= 0.3 is 0 Å². The lowest BCUT2D eigenvalue weighted by Crippen LogP contribution is -2.20. The fraction of sp³-hybridized carbons (Fsp3) is 0.393. The summed E-state index contributed by atoms with van der Waals surface area (Å²) in [5.74, 6) is -0.541. The smallest absolute Gasteiger partial charge is 0.267 e. The highest BCUT2D eigenvalue weighted by Gasteiger charge is 2.14. The first-order valence-corrected chi connectivity index (χ1v) is 12.2. The Morgan fingerprint density at radius 2 is 1.42 bits per heavy atom. The Labute approximate surface area is 195 Å². The third-order valence-electron chi connectivity index (χ3n) is 6.35. The van der Waals surface area contributed by atoms with Crippen molar-refractivity contribution in [1.82, 2.24) is 10.4 Å². The summed E-state index contributed by atoms with van der Waals surface area (Å²) in [6, 6.07) is 15.5. The number of nitrogens with zero attached hydrogens (tertiary/aromatic N) is 2. The molecule has 2 aromatic carbocycles. The summed E-state index contributed by atoms with van der Waals surface area (Å²) in [7, 11) is 0. The predicted molar refractivity (Wildman–Crippen MR) is 133 cm³/mol. The summed E-state index contributed by atoms with van der Waals surface area (Å²) in [4.78, 5) is 17.9. The maximum absolute atomic E-state index is 13.4. The van der Waals surface area contributed by atoms with Gasteiger partial charge in [-0.1, -0.05) is 63.1 Å². The van der Waals surface area contributed by atoms with Crippen molar-refractivity contribution in [1.29, 1.82) is 0 Å². The van der Waals surface area contributed by atoms with Crippen LogP contribution in [0.25, 0.3) is 22.2 Å². The average molecular weight is 446 g/mol. The second kappa shape index (κ2) is 11.7. The minimum absolute atomic E-state index is 0.240. The number of aromatic nitrogens is 1. The number of benzene rings is 2. The molecule has 1 heterocycles. The minimum atomic E-state index is -0.301. The van der Waals surface area contributed by atoms with Crippen molar-refractivity contribution < 1.29 is 9.18 Å². The minimum Gasteiger partial charge on any atom is -0.267 e. The van der Waals surface area contributed by atoms with Gasteiger partial charge in [-0.3, -0.25) is 4.79 Å². The van der Waals surface area contributed by atoms with Gasteiger partial charge in [0.2, 0.25) is 0 Å². The number of amides is 1. The summed E-state index contributed by atoms with van der Waals surface area (Å²) in [6.07, 6.45) is 13.2. The molecule has 3 aromatic rings. The highest BCUT2D eigenvalue weighted by Crippen LogP contribution is 2.25. The molecule has 1 N–H and O–H groups in total. The standard InChI is InChI=1S/C28H32FN3O/c29-22-18-16-21(17-19-22)27-20-25(24-14-10-11-15-26(24)30-27)28(33)32-31-23-12-8-6-4-2-1-3-5-7-9-13-23/h10-11,14-20H,1-9,12-13H2,(H,32,33). The lowest BCUT2D eigenvalue weighted by Gasteiger charge is -2.11. The molecular weight excluding hydrogens is 413 g/mol. The van der Waals surface area contributed by atoms with E-state index in [1.165, 1.54) is 57.1 Å². The van der Waals surface area contributed by atoms with Crippen LogP contribution in [0.1, 0.15) is 81.0 Å². The quantitative estimate of drug-likeness (QED) is 0.426. The normalized spacial score (nSPS) is 16.0. The van der Waals surface area contributed by atoms with Crippen LogP contribution in [0, 0.1) is 5.82 Å². The number of halogens is 1. The molecule has 0 bridgehead atoms. The van der Waals surface area contributed by atoms with E-state index in [9.17, 15) is 9.18 Å². The first kappa shape index (κ1) is 23.1. The van der Waals surface area contributed by atoms with E-state index in [-0.39, 0.29) is 11.7 Å². The van der Waals surface area contributed by atoms with Crippen LogP contribution in [-0.2, 0) is 0 Å². The average Bonchev–Trinajstić information content (AvgIpc) is 2.83. The monoisotopic (exact) mass is 445 g/mol. The Bertz CT molecular complexity index is 1090. The van der Waals surface area contributed by atoms with Crippen LogP contribution in [0.5, 0.6) is 0 Å². The summed E-state index contributed by atoms with van der Waals surface area (Å²) < 4.78 is 13.4. The van der Waals surface area contributed by atoms with Crippen LogP contribution >= 0.6 is 0 Å². The number of nitrogens with one attached hydrogen (secondary N) is 1. The SMILES string of the molecule is O=C(NN=C1CCCCCCCCCCC1)c1cc(-c2ccc(F)cc2)nc2ccccc12. The molecule has 4 nitrogen and oxygen atoms in total. The number of pyridine rings is 1. The maximum Gasteiger partial charge on any atom is 0.272 e. The third-order valence-corrected chi connectivity index (χ3v) is 6.35. The number of fused-ring (bicyclic) bond motifs is 1. The van der Waals surface area contributed by atoms with Gasteiger partial charge in [-0.15, -0.1) is 0 Å². The molecule has 0 aliphatic heterocycles. The molecule has 0 unspecified atom stereocenters. The molecule has 1 saturated carbocycles. The fourth-order valence-corrected chi connectivity index (χ4v) is 4.45. The Hall–Kier alpha value is -3.08. The van der Waals surface area contributed by atoms with Crippen LogP contribution in [0.15, 0.2) is 59.7 Å². The van der Waals surface area contributed by atoms with Gasteiger partial charge < -0.3 is 0 Å². The number of carbonyl (C=O) groups is 1. The van der Waals surface area contributed by atoms with Crippen molar-refractivity contribution in [3.63, 3.8) is 0 Å². The first-order chi connectivity index (χ1) is 16.2. The molecule has 5 heteroatoms. The van der Waals surface area contributed by atoms with Crippen molar-refractivity contribution in [2.75, 3.05) is 0 Å². The summed E-state index contributed by atoms with van der Waals surface area (Å²) in [5.41, 5.74) is 6.56. The topological polar surface area (TPSA) is 54.4 Å². The van der Waals surface area contributed by atoms with E-state index in [0.29, 0.717) is 11.3 Å². The van der Waals surface area contributed by atoms with E-state index in [0.717, 1.165) is 47.9 Å². The van der Waals surface area contributed by atoms with E-state index in [2.05, 4.69) is 15.5 Å². The van der Waals surface area contributed by atoms with Crippen LogP contribution in [0.4, 0.5) is 4.39 Å². The molecule has 1 aromatic heterocycles. The number of hydrogen-bond acceptors (Lipinski definition) is 3. The molecule has 0 radical (unpaired) electrons. The van der Waals surface area contributed by atoms with Crippen molar-refractivity contribution in [2.45, 2.75) is 70.6 Å². The molecule has 33 heavy (non-hydrogen) atoms. The van der Waals surface area contributed by atoms with Gasteiger partial charge in [-0.2, -0.15) is 5.10 Å². The van der Waals surface area contributed by atoms with E-state index < -0.39 is 0 Å². The van der Waals surface area contributed by atoms with Gasteiger partial charge in [0.1, 0.15) is 5.82 Å². The lowest BCUT2D eigenvalue weighted by atomic mass is 10.00. The molecule has 4 rings (SSSR count). The van der Waals surface area contributed by atoms with Crippen molar-refractivity contribution in [3.8, 4) is 11.3 Å². The molecule has 1 fully saturated rings. The van der Waals surface area contributed by atoms with Gasteiger partial charge in [0.25, 0.3) is 5.91 Å². The summed E-state index contributed by atoms with van der Waals surface area (Å²) in [5, 5.41) is 5.33. The maximum atomic E-state index is 13.4. The van der Waals surface area contributed by atoms with Gasteiger partial charge in [-0.25, -0.2) is 14.8 Å². The zero-order valence-corrected chi connectivity index (χ0v) is 19.2. The Balaban J connectivity index is 1.56. The van der Waals surface area contributed by atoms with E-state index in [1.807, 2.05) is 24.3 Å². The highest BCUT2D eigenvalue weighted by atomic mass is 19.1. The van der Waals surface area contributed by atoms with Gasteiger partial charge in [-0.05, 0) is 62.1 Å². The molecule has 1 aliphatic carbocycles. The largest absolute Gasteiger partial charge is 0.272 e. The zero-order chi connectivity index (χ0) is 22.9. The van der Waals surface area contributed by atoms with Crippen molar-refractivity contribution >= 4 is 22.5 Å².